The Kier molecular flexibility index (Phi) is 6.02. The monoisotopic (exact) mass is 464 g/mol. The number of halogens is 1. The van der Waals surface area contributed by atoms with Crippen molar-refractivity contribution >= 4 is 16.4 Å². The number of aromatic nitrogens is 2. The van der Waals surface area contributed by atoms with Crippen LogP contribution >= 0.6 is 10.5 Å². The molecule has 33 heavy (non-hydrogen) atoms. The van der Waals surface area contributed by atoms with E-state index in [9.17, 15) is 9.18 Å². The summed E-state index contributed by atoms with van der Waals surface area (Å²) in [5.41, 5.74) is 2.17. The number of hydrogen-bond donors (Lipinski definition) is 0. The van der Waals surface area contributed by atoms with E-state index in [1.54, 1.807) is 23.3 Å². The van der Waals surface area contributed by atoms with Gasteiger partial charge in [0.15, 0.2) is 21.9 Å². The molecule has 2 atom stereocenters. The van der Waals surface area contributed by atoms with Crippen molar-refractivity contribution in [3.63, 3.8) is 0 Å². The number of morpholine rings is 1. The van der Waals surface area contributed by atoms with Crippen LogP contribution < -0.4 is 0 Å². The maximum absolute atomic E-state index is 13.4. The van der Waals surface area contributed by atoms with Crippen LogP contribution in [0.3, 0.4) is 0 Å². The number of thiazole rings is 1. The van der Waals surface area contributed by atoms with Gasteiger partial charge in [0.25, 0.3) is 5.91 Å². The summed E-state index contributed by atoms with van der Waals surface area (Å²) in [7, 11) is -0.454. The molecule has 0 radical (unpaired) electrons. The van der Waals surface area contributed by atoms with E-state index in [1.165, 1.54) is 12.1 Å². The van der Waals surface area contributed by atoms with Crippen LogP contribution in [0, 0.1) is 12.7 Å². The van der Waals surface area contributed by atoms with Gasteiger partial charge in [-0.15, -0.1) is 0 Å². The second kappa shape index (κ2) is 9.25. The number of carbonyl (C=O) groups excluding carboxylic acids is 1. The third-order valence-electron chi connectivity index (χ3n) is 5.63. The molecule has 4 aromatic rings. The number of nitrogens with zero attached hydrogens (tertiary/aromatic N) is 3. The third kappa shape index (κ3) is 4.58. The van der Waals surface area contributed by atoms with Gasteiger partial charge in [0.05, 0.1) is 19.3 Å². The predicted molar refractivity (Wildman–Crippen MR) is 124 cm³/mol. The fourth-order valence-electron chi connectivity index (χ4n) is 3.95. The van der Waals surface area contributed by atoms with Gasteiger partial charge in [-0.25, -0.2) is 9.37 Å². The molecule has 0 bridgehead atoms. The lowest BCUT2D eigenvalue weighted by atomic mass is 10.1. The van der Waals surface area contributed by atoms with E-state index in [-0.39, 0.29) is 17.8 Å². The fourth-order valence-corrected chi connectivity index (χ4v) is 5.60. The lowest BCUT2D eigenvalue weighted by Gasteiger charge is -2.34. The summed E-state index contributed by atoms with van der Waals surface area (Å²) in [5.74, 6) is 0.150. The molecule has 0 aliphatic carbocycles. The van der Waals surface area contributed by atoms with Crippen molar-refractivity contribution in [3.05, 3.63) is 88.7 Å². The molecule has 8 heteroatoms. The van der Waals surface area contributed by atoms with Gasteiger partial charge in [-0.2, -0.15) is 4.98 Å². The van der Waals surface area contributed by atoms with Gasteiger partial charge in [0.1, 0.15) is 17.8 Å². The highest BCUT2D eigenvalue weighted by Crippen LogP contribution is 2.35. The van der Waals surface area contributed by atoms with Gasteiger partial charge in [-0.3, -0.25) is 4.79 Å². The molecular formula is C25H23FN3O3S+. The molecule has 1 saturated heterocycles. The normalized spacial score (nSPS) is 16.7. The van der Waals surface area contributed by atoms with Gasteiger partial charge in [-0.1, -0.05) is 30.3 Å². The van der Waals surface area contributed by atoms with E-state index >= 15 is 0 Å². The van der Waals surface area contributed by atoms with E-state index < -0.39 is 10.5 Å². The van der Waals surface area contributed by atoms with Gasteiger partial charge in [0, 0.05) is 48.1 Å². The molecule has 1 unspecified atom stereocenters. The Balaban J connectivity index is 1.35. The number of ether oxygens (including phenoxy) is 1. The molecule has 168 valence electrons. The first-order chi connectivity index (χ1) is 16.1. The molecule has 1 aliphatic heterocycles. The third-order valence-corrected chi connectivity index (χ3v) is 7.60. The number of amides is 1. The molecule has 1 aliphatic rings. The molecule has 3 heterocycles. The molecule has 1 amide bonds. The summed E-state index contributed by atoms with van der Waals surface area (Å²) in [6.45, 7) is 3.26. The minimum Gasteiger partial charge on any atom is -0.448 e. The lowest BCUT2D eigenvalue weighted by molar-refractivity contribution is -0.00349. The van der Waals surface area contributed by atoms with Crippen molar-refractivity contribution in [3.8, 4) is 16.2 Å². The standard InChI is InChI=1S/C25H23FN3O3S/c1-17-27-23(16-33(17)21-9-7-19(26)8-10-21)25(30)29-11-12-31-14-20(29)13-24-28-22(15-32-24)18-5-3-2-4-6-18/h2-10,15-16,20H,11-14H2,1H3/q+1/t20-,33?/m1/s1. The van der Waals surface area contributed by atoms with Gasteiger partial charge < -0.3 is 14.1 Å². The molecule has 0 saturated carbocycles. The van der Waals surface area contributed by atoms with Crippen molar-refractivity contribution in [2.45, 2.75) is 19.4 Å². The maximum Gasteiger partial charge on any atom is 0.278 e. The minimum absolute atomic E-state index is 0.130. The number of aryl methyl sites for hydroxylation is 1. The lowest BCUT2D eigenvalue weighted by Crippen LogP contribution is -2.49. The summed E-state index contributed by atoms with van der Waals surface area (Å²) in [4.78, 5) is 25.3. The van der Waals surface area contributed by atoms with E-state index in [0.717, 1.165) is 21.2 Å². The Bertz CT molecular complexity index is 1250. The zero-order chi connectivity index (χ0) is 22.8. The number of hydrogen-bond acceptors (Lipinski definition) is 5. The van der Waals surface area contributed by atoms with Crippen molar-refractivity contribution in [1.29, 1.82) is 0 Å². The molecule has 2 aromatic carbocycles. The largest absolute Gasteiger partial charge is 0.448 e. The van der Waals surface area contributed by atoms with Gasteiger partial charge in [0.2, 0.25) is 5.01 Å². The molecular weight excluding hydrogens is 441 g/mol. The van der Waals surface area contributed by atoms with Crippen LogP contribution in [0.15, 0.2) is 70.7 Å². The molecule has 1 fully saturated rings. The quantitative estimate of drug-likeness (QED) is 0.389. The van der Waals surface area contributed by atoms with Crippen LogP contribution in [0.25, 0.3) is 16.2 Å². The highest BCUT2D eigenvalue weighted by molar-refractivity contribution is 7.38. The van der Waals surface area contributed by atoms with Crippen LogP contribution in [-0.2, 0) is 11.2 Å². The van der Waals surface area contributed by atoms with E-state index in [1.807, 2.05) is 42.6 Å². The Morgan fingerprint density at radius 2 is 1.94 bits per heavy atom. The predicted octanol–water partition coefficient (Wildman–Crippen LogP) is 5.01. The van der Waals surface area contributed by atoms with Crippen molar-refractivity contribution in [2.24, 2.45) is 0 Å². The summed E-state index contributed by atoms with van der Waals surface area (Å²) >= 11 is 0. The number of rotatable bonds is 5. The molecule has 5 rings (SSSR count). The minimum atomic E-state index is -0.454. The van der Waals surface area contributed by atoms with Gasteiger partial charge in [-0.05, 0) is 12.1 Å². The summed E-state index contributed by atoms with van der Waals surface area (Å²) in [6.07, 6.45) is 2.10. The van der Waals surface area contributed by atoms with Crippen LogP contribution in [-0.4, -0.2) is 46.6 Å². The van der Waals surface area contributed by atoms with Crippen molar-refractivity contribution in [1.82, 2.24) is 14.9 Å². The second-order valence-electron chi connectivity index (χ2n) is 7.85. The van der Waals surface area contributed by atoms with Crippen LogP contribution in [0.4, 0.5) is 4.39 Å². The van der Waals surface area contributed by atoms with Crippen molar-refractivity contribution < 1.29 is 18.3 Å². The van der Waals surface area contributed by atoms with Crippen molar-refractivity contribution in [2.75, 3.05) is 19.8 Å². The molecule has 0 N–H and O–H groups in total. The fraction of sp³-hybridized carbons (Fsp3) is 0.240. The average molecular weight is 465 g/mol. The summed E-state index contributed by atoms with van der Waals surface area (Å²) < 4.78 is 24.7. The van der Waals surface area contributed by atoms with Crippen LogP contribution in [0.2, 0.25) is 0 Å². The topological polar surface area (TPSA) is 68.5 Å². The van der Waals surface area contributed by atoms with Gasteiger partial charge >= 0.3 is 0 Å². The SMILES string of the molecule is Cc1nc(C(=O)N2CCOC[C@H]2Cc2nc(-c3ccccc3)co2)c[s+]1-c1ccc(F)cc1. The Labute approximate surface area is 193 Å². The number of oxazole rings is 1. The first-order valence-corrected chi connectivity index (χ1v) is 12.0. The Morgan fingerprint density at radius 3 is 2.73 bits per heavy atom. The Hall–Kier alpha value is -3.36. The first kappa shape index (κ1) is 21.5. The van der Waals surface area contributed by atoms with E-state index in [2.05, 4.69) is 9.97 Å². The average Bonchev–Trinajstić information content (AvgIpc) is 3.47. The zero-order valence-corrected chi connectivity index (χ0v) is 18.9. The highest BCUT2D eigenvalue weighted by atomic mass is 32.2. The number of benzene rings is 2. The molecule has 2 aromatic heterocycles. The maximum atomic E-state index is 13.4. The highest BCUT2D eigenvalue weighted by Gasteiger charge is 2.33. The second-order valence-corrected chi connectivity index (χ2v) is 9.82. The van der Waals surface area contributed by atoms with Crippen LogP contribution in [0.5, 0.6) is 0 Å². The molecule has 6 nitrogen and oxygen atoms in total. The Morgan fingerprint density at radius 1 is 1.15 bits per heavy atom. The smallest absolute Gasteiger partial charge is 0.278 e. The summed E-state index contributed by atoms with van der Waals surface area (Å²) in [6, 6.07) is 16.0. The summed E-state index contributed by atoms with van der Waals surface area (Å²) in [5, 5.41) is 2.73. The molecule has 0 spiro atoms. The first-order valence-electron chi connectivity index (χ1n) is 10.7. The van der Waals surface area contributed by atoms with Crippen LogP contribution in [0.1, 0.15) is 21.4 Å². The zero-order valence-electron chi connectivity index (χ0n) is 18.1. The number of carbonyl (C=O) groups is 1. The van der Waals surface area contributed by atoms with E-state index in [4.69, 9.17) is 9.15 Å². The van der Waals surface area contributed by atoms with E-state index in [0.29, 0.717) is 37.8 Å².